The van der Waals surface area contributed by atoms with Gasteiger partial charge in [0.15, 0.2) is 0 Å². The van der Waals surface area contributed by atoms with Crippen LogP contribution >= 0.6 is 11.3 Å². The number of fused-ring (bicyclic) bond motifs is 1. The normalized spacial score (nSPS) is 17.7. The minimum atomic E-state index is -4.42. The molecule has 2 nitrogen and oxygen atoms in total. The molecule has 1 amide bonds. The van der Waals surface area contributed by atoms with E-state index < -0.39 is 11.7 Å². The van der Waals surface area contributed by atoms with Crippen LogP contribution in [0, 0.1) is 5.92 Å². The summed E-state index contributed by atoms with van der Waals surface area (Å²) < 4.78 is 38.1. The summed E-state index contributed by atoms with van der Waals surface area (Å²) in [6.07, 6.45) is -1.37. The number of hydrogen-bond acceptors (Lipinski definition) is 2. The summed E-state index contributed by atoms with van der Waals surface area (Å²) >= 11 is 1.44. The van der Waals surface area contributed by atoms with Crippen LogP contribution < -0.4 is 5.32 Å². The molecule has 1 aliphatic rings. The Kier molecular flexibility index (Phi) is 4.19. The average Bonchev–Trinajstić information content (AvgIpc) is 2.90. The Labute approximate surface area is 136 Å². The van der Waals surface area contributed by atoms with E-state index in [0.29, 0.717) is 10.8 Å². The maximum Gasteiger partial charge on any atom is 0.416 e. The summed E-state index contributed by atoms with van der Waals surface area (Å²) in [4.78, 5) is 14.1. The van der Waals surface area contributed by atoms with Gasteiger partial charge in [-0.15, -0.1) is 11.3 Å². The van der Waals surface area contributed by atoms with Crippen LogP contribution in [0.2, 0.25) is 0 Å². The summed E-state index contributed by atoms with van der Waals surface area (Å²) in [5.74, 6) is 0.257. The third-order valence-corrected chi connectivity index (χ3v) is 5.24. The summed E-state index contributed by atoms with van der Waals surface area (Å²) in [7, 11) is 0. The molecule has 2 aromatic rings. The number of hydrogen-bond donors (Lipinski definition) is 1. The Morgan fingerprint density at radius 2 is 2.09 bits per heavy atom. The lowest BCUT2D eigenvalue weighted by Crippen LogP contribution is -2.12. The van der Waals surface area contributed by atoms with Gasteiger partial charge in [-0.1, -0.05) is 13.0 Å². The first-order chi connectivity index (χ1) is 10.8. The molecule has 0 saturated carbocycles. The number of anilines is 1. The number of carbonyl (C=O) groups is 1. The Morgan fingerprint density at radius 1 is 1.30 bits per heavy atom. The number of rotatable bonds is 2. The molecule has 23 heavy (non-hydrogen) atoms. The number of halogens is 3. The smallest absolute Gasteiger partial charge is 0.321 e. The van der Waals surface area contributed by atoms with Gasteiger partial charge in [0.2, 0.25) is 0 Å². The van der Waals surface area contributed by atoms with E-state index in [4.69, 9.17) is 0 Å². The molecule has 1 aliphatic carbocycles. The van der Waals surface area contributed by atoms with Gasteiger partial charge in [0, 0.05) is 10.6 Å². The Hall–Kier alpha value is -1.82. The lowest BCUT2D eigenvalue weighted by Gasteiger charge is -2.16. The van der Waals surface area contributed by atoms with Crippen LogP contribution in [0.1, 0.15) is 39.0 Å². The van der Waals surface area contributed by atoms with Crippen LogP contribution in [0.4, 0.5) is 18.9 Å². The fourth-order valence-electron chi connectivity index (χ4n) is 2.78. The number of alkyl halides is 3. The van der Waals surface area contributed by atoms with Crippen molar-refractivity contribution in [1.82, 2.24) is 0 Å². The van der Waals surface area contributed by atoms with Crippen LogP contribution in [0.5, 0.6) is 0 Å². The molecule has 0 aliphatic heterocycles. The highest BCUT2D eigenvalue weighted by molar-refractivity contribution is 7.14. The highest BCUT2D eigenvalue weighted by Gasteiger charge is 2.30. The molecule has 1 atom stereocenters. The third-order valence-electron chi connectivity index (χ3n) is 4.00. The highest BCUT2D eigenvalue weighted by Crippen LogP contribution is 2.33. The van der Waals surface area contributed by atoms with Gasteiger partial charge in [0.05, 0.1) is 10.4 Å². The van der Waals surface area contributed by atoms with E-state index >= 15 is 0 Å². The quantitative estimate of drug-likeness (QED) is 0.806. The van der Waals surface area contributed by atoms with Crippen LogP contribution in [0.25, 0.3) is 0 Å². The van der Waals surface area contributed by atoms with E-state index in [1.54, 1.807) is 0 Å². The second-order valence-corrected chi connectivity index (χ2v) is 7.08. The number of thiophene rings is 1. The summed E-state index contributed by atoms with van der Waals surface area (Å²) in [5.41, 5.74) is 0.585. The van der Waals surface area contributed by atoms with E-state index in [1.165, 1.54) is 33.9 Å². The molecular weight excluding hydrogens is 323 g/mol. The third kappa shape index (κ3) is 3.58. The van der Waals surface area contributed by atoms with Crippen LogP contribution in [-0.2, 0) is 19.0 Å². The van der Waals surface area contributed by atoms with E-state index in [1.807, 2.05) is 6.07 Å². The number of nitrogens with one attached hydrogen (secondary N) is 1. The average molecular weight is 339 g/mol. The molecule has 0 unspecified atom stereocenters. The molecule has 1 aromatic heterocycles. The van der Waals surface area contributed by atoms with Crippen molar-refractivity contribution in [2.24, 2.45) is 5.92 Å². The molecule has 6 heteroatoms. The zero-order chi connectivity index (χ0) is 16.6. The predicted octanol–water partition coefficient (Wildman–Crippen LogP) is 5.14. The van der Waals surface area contributed by atoms with Crippen molar-refractivity contribution in [2.75, 3.05) is 5.32 Å². The van der Waals surface area contributed by atoms with E-state index in [0.717, 1.165) is 31.4 Å². The molecule has 0 bridgehead atoms. The zero-order valence-electron chi connectivity index (χ0n) is 12.5. The molecular formula is C17H16F3NOS. The first-order valence-electron chi connectivity index (χ1n) is 7.43. The molecule has 3 rings (SSSR count). The van der Waals surface area contributed by atoms with Crippen molar-refractivity contribution < 1.29 is 18.0 Å². The monoisotopic (exact) mass is 339 g/mol. The van der Waals surface area contributed by atoms with Crippen molar-refractivity contribution in [1.29, 1.82) is 0 Å². The Morgan fingerprint density at radius 3 is 2.83 bits per heavy atom. The lowest BCUT2D eigenvalue weighted by atomic mass is 9.90. The molecule has 0 spiro atoms. The number of carbonyl (C=O) groups excluding carboxylic acids is 1. The van der Waals surface area contributed by atoms with Gasteiger partial charge in [0.1, 0.15) is 0 Å². The number of amides is 1. The molecule has 0 saturated heterocycles. The van der Waals surface area contributed by atoms with Gasteiger partial charge in [0.25, 0.3) is 5.91 Å². The second-order valence-electron chi connectivity index (χ2n) is 5.94. The van der Waals surface area contributed by atoms with E-state index in [-0.39, 0.29) is 11.6 Å². The molecule has 1 heterocycles. The highest BCUT2D eigenvalue weighted by atomic mass is 32.1. The van der Waals surface area contributed by atoms with Crippen molar-refractivity contribution >= 4 is 22.9 Å². The Bertz CT molecular complexity index is 736. The van der Waals surface area contributed by atoms with Crippen molar-refractivity contribution in [2.45, 2.75) is 32.4 Å². The van der Waals surface area contributed by atoms with Gasteiger partial charge in [-0.05, 0) is 55.0 Å². The molecule has 0 radical (unpaired) electrons. The molecule has 1 N–H and O–H groups in total. The summed E-state index contributed by atoms with van der Waals surface area (Å²) in [6.45, 7) is 2.18. The van der Waals surface area contributed by atoms with Gasteiger partial charge in [-0.2, -0.15) is 13.2 Å². The van der Waals surface area contributed by atoms with Crippen molar-refractivity contribution in [3.8, 4) is 0 Å². The maximum atomic E-state index is 12.7. The molecule has 122 valence electrons. The van der Waals surface area contributed by atoms with E-state index in [2.05, 4.69) is 12.2 Å². The standard InChI is InChI=1S/C17H16F3NOS/c1-10-5-6-14-11(7-10)8-15(23-14)16(22)21-13-4-2-3-12(9-13)17(18,19)20/h2-4,8-10H,5-7H2,1H3,(H,21,22)/t10-/m0/s1. The fourth-order valence-corrected chi connectivity index (χ4v) is 3.89. The molecule has 0 fully saturated rings. The summed E-state index contributed by atoms with van der Waals surface area (Å²) in [5, 5.41) is 2.56. The van der Waals surface area contributed by atoms with Crippen LogP contribution in [-0.4, -0.2) is 5.91 Å². The lowest BCUT2D eigenvalue weighted by molar-refractivity contribution is -0.137. The van der Waals surface area contributed by atoms with Gasteiger partial charge >= 0.3 is 6.18 Å². The second kappa shape index (κ2) is 6.00. The first kappa shape index (κ1) is 16.1. The first-order valence-corrected chi connectivity index (χ1v) is 8.25. The van der Waals surface area contributed by atoms with Crippen molar-refractivity contribution in [3.05, 3.63) is 51.2 Å². The zero-order valence-corrected chi connectivity index (χ0v) is 13.4. The minimum absolute atomic E-state index is 0.157. The number of benzene rings is 1. The largest absolute Gasteiger partial charge is 0.416 e. The van der Waals surface area contributed by atoms with Crippen LogP contribution in [0.3, 0.4) is 0 Å². The topological polar surface area (TPSA) is 29.1 Å². The Balaban J connectivity index is 1.77. The number of aryl methyl sites for hydroxylation is 1. The van der Waals surface area contributed by atoms with Gasteiger partial charge in [-0.3, -0.25) is 4.79 Å². The minimum Gasteiger partial charge on any atom is -0.321 e. The molecule has 1 aromatic carbocycles. The maximum absolute atomic E-state index is 12.7. The predicted molar refractivity (Wildman–Crippen MR) is 84.9 cm³/mol. The van der Waals surface area contributed by atoms with E-state index in [9.17, 15) is 18.0 Å². The SMILES string of the molecule is C[C@H]1CCc2sc(C(=O)Nc3cccc(C(F)(F)F)c3)cc2C1. The van der Waals surface area contributed by atoms with Gasteiger partial charge < -0.3 is 5.32 Å². The summed E-state index contributed by atoms with van der Waals surface area (Å²) in [6, 6.07) is 6.56. The fraction of sp³-hybridized carbons (Fsp3) is 0.353. The van der Waals surface area contributed by atoms with Crippen LogP contribution in [0.15, 0.2) is 30.3 Å². The van der Waals surface area contributed by atoms with Gasteiger partial charge in [-0.25, -0.2) is 0 Å². The van der Waals surface area contributed by atoms with Crippen molar-refractivity contribution in [3.63, 3.8) is 0 Å².